The van der Waals surface area contributed by atoms with Gasteiger partial charge in [0.05, 0.1) is 22.6 Å². The lowest BCUT2D eigenvalue weighted by Crippen LogP contribution is -2.29. The Morgan fingerprint density at radius 3 is 2.72 bits per heavy atom. The van der Waals surface area contributed by atoms with Crippen LogP contribution in [0.4, 0.5) is 0 Å². The molecule has 1 amide bonds. The zero-order chi connectivity index (χ0) is 20.2. The minimum atomic E-state index is 0.237. The quantitative estimate of drug-likeness (QED) is 0.641. The van der Waals surface area contributed by atoms with Gasteiger partial charge in [-0.05, 0) is 44.6 Å². The summed E-state index contributed by atoms with van der Waals surface area (Å²) >= 11 is 0. The molecule has 6 nitrogen and oxygen atoms in total. The maximum atomic E-state index is 12.6. The van der Waals surface area contributed by atoms with Crippen molar-refractivity contribution in [3.63, 3.8) is 0 Å². The van der Waals surface area contributed by atoms with Crippen molar-refractivity contribution in [2.45, 2.75) is 39.5 Å². The van der Waals surface area contributed by atoms with Gasteiger partial charge in [0.1, 0.15) is 5.76 Å². The number of benzene rings is 1. The average Bonchev–Trinajstić information content (AvgIpc) is 3.34. The van der Waals surface area contributed by atoms with E-state index in [1.807, 2.05) is 36.9 Å². The third-order valence-electron chi connectivity index (χ3n) is 5.64. The number of hydrogen-bond donors (Lipinski definition) is 0. The molecule has 0 spiro atoms. The van der Waals surface area contributed by atoms with Gasteiger partial charge < -0.3 is 9.42 Å². The van der Waals surface area contributed by atoms with E-state index in [1.165, 1.54) is 5.56 Å². The number of nitrogens with zero attached hydrogens (tertiary/aromatic N) is 4. The van der Waals surface area contributed by atoms with Crippen LogP contribution in [0.5, 0.6) is 0 Å². The van der Waals surface area contributed by atoms with Crippen molar-refractivity contribution in [2.75, 3.05) is 13.1 Å². The van der Waals surface area contributed by atoms with E-state index in [2.05, 4.69) is 27.3 Å². The molecule has 2 aromatic heterocycles. The highest BCUT2D eigenvalue weighted by molar-refractivity contribution is 5.76. The maximum Gasteiger partial charge on any atom is 0.222 e. The molecule has 1 unspecified atom stereocenters. The van der Waals surface area contributed by atoms with Crippen LogP contribution in [0.15, 0.2) is 47.2 Å². The number of amides is 1. The summed E-state index contributed by atoms with van der Waals surface area (Å²) in [5.41, 5.74) is 4.76. The normalized spacial score (nSPS) is 16.3. The summed E-state index contributed by atoms with van der Waals surface area (Å²) in [5, 5.41) is 4.05. The zero-order valence-electron chi connectivity index (χ0n) is 17.0. The molecular formula is C23H26N4O2. The number of aryl methyl sites for hydroxylation is 3. The molecule has 0 N–H and O–H groups in total. The second kappa shape index (κ2) is 8.55. The van der Waals surface area contributed by atoms with Crippen LogP contribution in [-0.4, -0.2) is 39.0 Å². The highest BCUT2D eigenvalue weighted by atomic mass is 16.5. The van der Waals surface area contributed by atoms with Crippen molar-refractivity contribution in [1.29, 1.82) is 0 Å². The van der Waals surface area contributed by atoms with Gasteiger partial charge in [0, 0.05) is 31.9 Å². The van der Waals surface area contributed by atoms with Crippen LogP contribution in [0.2, 0.25) is 0 Å². The van der Waals surface area contributed by atoms with E-state index in [9.17, 15) is 4.79 Å². The fraction of sp³-hybridized carbons (Fsp3) is 0.391. The molecule has 1 aliphatic rings. The lowest BCUT2D eigenvalue weighted by molar-refractivity contribution is -0.130. The molecule has 1 aliphatic heterocycles. The van der Waals surface area contributed by atoms with E-state index >= 15 is 0 Å². The molecule has 0 saturated carbocycles. The molecular weight excluding hydrogens is 364 g/mol. The average molecular weight is 390 g/mol. The van der Waals surface area contributed by atoms with E-state index in [0.717, 1.165) is 60.8 Å². The molecule has 0 aliphatic carbocycles. The molecule has 3 aromatic rings. The largest absolute Gasteiger partial charge is 0.361 e. The van der Waals surface area contributed by atoms with Crippen LogP contribution in [-0.2, 0) is 17.6 Å². The predicted octanol–water partition coefficient (Wildman–Crippen LogP) is 3.77. The van der Waals surface area contributed by atoms with Gasteiger partial charge in [-0.2, -0.15) is 0 Å². The van der Waals surface area contributed by atoms with Crippen LogP contribution in [0, 0.1) is 19.8 Å². The lowest BCUT2D eigenvalue weighted by Gasteiger charge is -2.17. The van der Waals surface area contributed by atoms with Gasteiger partial charge in [-0.25, -0.2) is 0 Å². The SMILES string of the molecule is Cc1noc(C)c1-c1nccnc1CC1CCN(C(=O)CCc2ccccc2)C1. The monoisotopic (exact) mass is 390 g/mol. The third kappa shape index (κ3) is 4.36. The molecule has 150 valence electrons. The first-order valence-electron chi connectivity index (χ1n) is 10.2. The Morgan fingerprint density at radius 2 is 1.97 bits per heavy atom. The van der Waals surface area contributed by atoms with Crippen molar-refractivity contribution in [3.8, 4) is 11.3 Å². The Balaban J connectivity index is 1.39. The molecule has 1 atom stereocenters. The maximum absolute atomic E-state index is 12.6. The summed E-state index contributed by atoms with van der Waals surface area (Å²) in [6.07, 6.45) is 6.59. The smallest absolute Gasteiger partial charge is 0.222 e. The van der Waals surface area contributed by atoms with E-state index in [0.29, 0.717) is 12.3 Å². The summed E-state index contributed by atoms with van der Waals surface area (Å²) in [6, 6.07) is 10.2. The molecule has 1 fully saturated rings. The van der Waals surface area contributed by atoms with Gasteiger partial charge >= 0.3 is 0 Å². The van der Waals surface area contributed by atoms with Crippen molar-refractivity contribution in [2.24, 2.45) is 5.92 Å². The van der Waals surface area contributed by atoms with Crippen LogP contribution in [0.1, 0.15) is 35.6 Å². The molecule has 6 heteroatoms. The number of carbonyl (C=O) groups excluding carboxylic acids is 1. The Morgan fingerprint density at radius 1 is 1.17 bits per heavy atom. The molecule has 3 heterocycles. The molecule has 1 saturated heterocycles. The first-order chi connectivity index (χ1) is 14.1. The summed E-state index contributed by atoms with van der Waals surface area (Å²) in [6.45, 7) is 5.42. The predicted molar refractivity (Wildman–Crippen MR) is 110 cm³/mol. The van der Waals surface area contributed by atoms with Crippen molar-refractivity contribution in [1.82, 2.24) is 20.0 Å². The molecule has 29 heavy (non-hydrogen) atoms. The number of rotatable bonds is 6. The first-order valence-corrected chi connectivity index (χ1v) is 10.2. The van der Waals surface area contributed by atoms with Crippen molar-refractivity contribution >= 4 is 5.91 Å². The Bertz CT molecular complexity index is 964. The lowest BCUT2D eigenvalue weighted by atomic mass is 9.98. The number of aromatic nitrogens is 3. The second-order valence-corrected chi connectivity index (χ2v) is 7.73. The van der Waals surface area contributed by atoms with Gasteiger partial charge in [0.2, 0.25) is 5.91 Å². The Hall–Kier alpha value is -3.02. The minimum absolute atomic E-state index is 0.237. The van der Waals surface area contributed by atoms with Gasteiger partial charge in [0.15, 0.2) is 0 Å². The standard InChI is InChI=1S/C23H26N4O2/c1-16-22(17(2)29-26-16)23-20(24-11-12-25-23)14-19-10-13-27(15-19)21(28)9-8-18-6-4-3-5-7-18/h3-7,11-12,19H,8-10,13-15H2,1-2H3. The topological polar surface area (TPSA) is 72.1 Å². The summed E-state index contributed by atoms with van der Waals surface area (Å²) in [7, 11) is 0. The molecule has 4 rings (SSSR count). The van der Waals surface area contributed by atoms with Crippen molar-refractivity contribution in [3.05, 3.63) is 65.4 Å². The second-order valence-electron chi connectivity index (χ2n) is 7.73. The molecule has 1 aromatic carbocycles. The fourth-order valence-corrected chi connectivity index (χ4v) is 4.10. The van der Waals surface area contributed by atoms with Gasteiger partial charge in [-0.1, -0.05) is 35.5 Å². The Labute approximate surface area is 171 Å². The van der Waals surface area contributed by atoms with Crippen LogP contribution < -0.4 is 0 Å². The Kier molecular flexibility index (Phi) is 5.69. The van der Waals surface area contributed by atoms with E-state index in [-0.39, 0.29) is 5.91 Å². The van der Waals surface area contributed by atoms with E-state index in [1.54, 1.807) is 12.4 Å². The molecule has 0 radical (unpaired) electrons. The van der Waals surface area contributed by atoms with Gasteiger partial charge in [-0.3, -0.25) is 14.8 Å². The fourth-order valence-electron chi connectivity index (χ4n) is 4.10. The highest BCUT2D eigenvalue weighted by Gasteiger charge is 2.28. The van der Waals surface area contributed by atoms with E-state index in [4.69, 9.17) is 4.52 Å². The third-order valence-corrected chi connectivity index (χ3v) is 5.64. The van der Waals surface area contributed by atoms with Crippen LogP contribution in [0.25, 0.3) is 11.3 Å². The zero-order valence-corrected chi connectivity index (χ0v) is 17.0. The first kappa shape index (κ1) is 19.3. The van der Waals surface area contributed by atoms with Crippen molar-refractivity contribution < 1.29 is 9.32 Å². The summed E-state index contributed by atoms with van der Waals surface area (Å²) < 4.78 is 5.32. The van der Waals surface area contributed by atoms with E-state index < -0.39 is 0 Å². The molecule has 0 bridgehead atoms. The van der Waals surface area contributed by atoms with Crippen LogP contribution >= 0.6 is 0 Å². The highest BCUT2D eigenvalue weighted by Crippen LogP contribution is 2.30. The number of likely N-dealkylation sites (tertiary alicyclic amines) is 1. The summed E-state index contributed by atoms with van der Waals surface area (Å²) in [5.74, 6) is 1.39. The minimum Gasteiger partial charge on any atom is -0.361 e. The van der Waals surface area contributed by atoms with Gasteiger partial charge in [0.25, 0.3) is 0 Å². The number of hydrogen-bond acceptors (Lipinski definition) is 5. The van der Waals surface area contributed by atoms with Crippen LogP contribution in [0.3, 0.4) is 0 Å². The summed E-state index contributed by atoms with van der Waals surface area (Å²) in [4.78, 5) is 23.8. The van der Waals surface area contributed by atoms with Gasteiger partial charge in [-0.15, -0.1) is 0 Å². The number of carbonyl (C=O) groups is 1.